The predicted octanol–water partition coefficient (Wildman–Crippen LogP) is 4.30. The Morgan fingerprint density at radius 1 is 1.20 bits per heavy atom. The van der Waals surface area contributed by atoms with Gasteiger partial charge in [-0.05, 0) is 30.4 Å². The van der Waals surface area contributed by atoms with Gasteiger partial charge in [-0.1, -0.05) is 63.1 Å². The van der Waals surface area contributed by atoms with Crippen molar-refractivity contribution < 1.29 is 28.6 Å². The zero-order valence-electron chi connectivity index (χ0n) is 23.5. The Labute approximate surface area is 244 Å². The van der Waals surface area contributed by atoms with E-state index < -0.39 is 42.5 Å². The molecule has 0 bridgehead atoms. The fourth-order valence-electron chi connectivity index (χ4n) is 4.56. The number of fused-ring (bicyclic) bond motifs is 1. The van der Waals surface area contributed by atoms with Crippen LogP contribution in [0.3, 0.4) is 0 Å². The zero-order chi connectivity index (χ0) is 29.6. The monoisotopic (exact) mass is 606 g/mol. The van der Waals surface area contributed by atoms with Crippen LogP contribution in [0, 0.1) is 5.92 Å². The summed E-state index contributed by atoms with van der Waals surface area (Å²) in [6.45, 7) is 5.97. The lowest BCUT2D eigenvalue weighted by molar-refractivity contribution is -0.123. The molecular formula is C28H39N4O7PS. The number of thioether (sulfide) groups is 1. The number of nitrogens with two attached hydrogens (primary N) is 1. The number of benzene rings is 2. The third-order valence-electron chi connectivity index (χ3n) is 7.19. The average Bonchev–Trinajstić information content (AvgIpc) is 3.32. The minimum absolute atomic E-state index is 0.118. The molecule has 3 aromatic rings. The Morgan fingerprint density at radius 2 is 1.93 bits per heavy atom. The zero-order valence-corrected chi connectivity index (χ0v) is 25.2. The summed E-state index contributed by atoms with van der Waals surface area (Å²) >= 11 is 1.31. The molecule has 5 N–H and O–H groups in total. The molecule has 0 amide bonds. The minimum Gasteiger partial charge on any atom is -0.413 e. The van der Waals surface area contributed by atoms with Gasteiger partial charge >= 0.3 is 13.4 Å². The molecule has 1 aliphatic heterocycles. The van der Waals surface area contributed by atoms with Gasteiger partial charge in [-0.2, -0.15) is 4.98 Å². The first-order chi connectivity index (χ1) is 19.6. The molecule has 1 fully saturated rings. The van der Waals surface area contributed by atoms with Crippen LogP contribution in [0.1, 0.15) is 45.4 Å². The van der Waals surface area contributed by atoms with Gasteiger partial charge in [0.1, 0.15) is 11.6 Å². The van der Waals surface area contributed by atoms with Gasteiger partial charge in [0.2, 0.25) is 0 Å². The van der Waals surface area contributed by atoms with Crippen LogP contribution in [0.15, 0.2) is 59.5 Å². The molecular weight excluding hydrogens is 567 g/mol. The van der Waals surface area contributed by atoms with E-state index >= 15 is 0 Å². The largest absolute Gasteiger partial charge is 0.459 e. The van der Waals surface area contributed by atoms with Crippen molar-refractivity contribution in [2.24, 2.45) is 5.92 Å². The number of ether oxygens (including phenoxy) is 1. The van der Waals surface area contributed by atoms with Crippen molar-refractivity contribution in [1.82, 2.24) is 14.6 Å². The van der Waals surface area contributed by atoms with Crippen LogP contribution in [0.2, 0.25) is 0 Å². The highest BCUT2D eigenvalue weighted by atomic mass is 32.2. The molecule has 224 valence electrons. The van der Waals surface area contributed by atoms with E-state index in [1.165, 1.54) is 22.4 Å². The van der Waals surface area contributed by atoms with Gasteiger partial charge in [0.15, 0.2) is 6.29 Å². The molecule has 4 rings (SSSR count). The van der Waals surface area contributed by atoms with Gasteiger partial charge in [0.05, 0.1) is 36.0 Å². The van der Waals surface area contributed by atoms with Crippen molar-refractivity contribution in [2.75, 3.05) is 18.9 Å². The highest BCUT2D eigenvalue weighted by Crippen LogP contribution is 2.49. The van der Waals surface area contributed by atoms with Crippen LogP contribution in [0.4, 0.5) is 5.82 Å². The van der Waals surface area contributed by atoms with E-state index in [-0.39, 0.29) is 18.8 Å². The van der Waals surface area contributed by atoms with Crippen molar-refractivity contribution in [2.45, 2.75) is 69.1 Å². The number of rotatable bonds is 14. The minimum atomic E-state index is -4.12. The van der Waals surface area contributed by atoms with Crippen LogP contribution in [0.5, 0.6) is 5.75 Å². The number of anilines is 1. The molecule has 1 aliphatic rings. The smallest absolute Gasteiger partial charge is 0.413 e. The molecule has 0 aliphatic carbocycles. The van der Waals surface area contributed by atoms with Crippen molar-refractivity contribution in [1.29, 1.82) is 0 Å². The van der Waals surface area contributed by atoms with Gasteiger partial charge in [-0.3, -0.25) is 9.09 Å². The maximum Gasteiger partial charge on any atom is 0.459 e. The van der Waals surface area contributed by atoms with Gasteiger partial charge in [0, 0.05) is 18.0 Å². The number of nitrogens with zero attached hydrogens (tertiary/aromatic N) is 2. The number of hydrogen-bond donors (Lipinski definition) is 4. The number of aliphatic hydroxyl groups excluding tert-OH is 2. The molecule has 1 aromatic heterocycles. The summed E-state index contributed by atoms with van der Waals surface area (Å²) in [6.07, 6.45) is 1.54. The fourth-order valence-corrected chi connectivity index (χ4v) is 7.69. The van der Waals surface area contributed by atoms with E-state index in [1.807, 2.05) is 30.3 Å². The third-order valence-corrected chi connectivity index (χ3v) is 10.4. The Balaban J connectivity index is 1.51. The molecule has 41 heavy (non-hydrogen) atoms. The molecule has 2 unspecified atom stereocenters. The lowest BCUT2D eigenvalue weighted by Gasteiger charge is -2.28. The fraction of sp³-hybridized carbons (Fsp3) is 0.500. The third kappa shape index (κ3) is 8.10. The number of hydrogen-bond acceptors (Lipinski definition) is 10. The number of aliphatic hydroxyl groups is 2. The molecule has 2 aromatic carbocycles. The molecule has 2 heterocycles. The standard InChI is InChI=1S/C28H39N4O7PS/c1-4-19(5-2)16-37-27(34)18(3)31-40(36,39-23-12-8-10-20-9-6-7-11-21(20)23)38-17-24-22(33)15-26(41-24)32-14-13-25(29)30-28(32)35/h6-14,18-19,22,24,26-27,33-34H,4-5,15-17H2,1-3H3,(H,31,36)(H2,29,30,35)/t18-,22+,24+,26+,27?,40?/m0/s1. The van der Waals surface area contributed by atoms with Crippen LogP contribution >= 0.6 is 19.5 Å². The highest BCUT2D eigenvalue weighted by molar-refractivity contribution is 8.00. The Kier molecular flexibility index (Phi) is 10.9. The topological polar surface area (TPSA) is 158 Å². The molecule has 0 radical (unpaired) electrons. The Bertz CT molecular complexity index is 1400. The summed E-state index contributed by atoms with van der Waals surface area (Å²) in [5, 5.41) is 25.0. The molecule has 1 saturated heterocycles. The summed E-state index contributed by atoms with van der Waals surface area (Å²) in [5.74, 6) is 0.757. The summed E-state index contributed by atoms with van der Waals surface area (Å²) in [4.78, 5) is 16.1. The van der Waals surface area contributed by atoms with E-state index in [2.05, 4.69) is 23.9 Å². The van der Waals surface area contributed by atoms with Gasteiger partial charge in [-0.15, -0.1) is 11.8 Å². The van der Waals surface area contributed by atoms with Crippen LogP contribution in [-0.4, -0.2) is 56.7 Å². The van der Waals surface area contributed by atoms with Crippen molar-refractivity contribution >= 4 is 36.1 Å². The van der Waals surface area contributed by atoms with E-state index in [4.69, 9.17) is 19.5 Å². The summed E-state index contributed by atoms with van der Waals surface area (Å²) in [5.41, 5.74) is 5.09. The van der Waals surface area contributed by atoms with E-state index in [0.29, 0.717) is 18.3 Å². The highest BCUT2D eigenvalue weighted by Gasteiger charge is 2.39. The normalized spacial score (nSPS) is 22.0. The first kappa shape index (κ1) is 31.5. The van der Waals surface area contributed by atoms with E-state index in [9.17, 15) is 19.6 Å². The second-order valence-corrected chi connectivity index (χ2v) is 13.3. The molecule has 11 nitrogen and oxygen atoms in total. The summed E-state index contributed by atoms with van der Waals surface area (Å²) < 4.78 is 33.2. The summed E-state index contributed by atoms with van der Waals surface area (Å²) in [7, 11) is -4.12. The SMILES string of the molecule is CCC(CC)COC(O)[C@H](C)NP(=O)(OC[C@H]1S[C@@H](n2ccc(N)nc2=O)C[C@H]1O)Oc1cccc2ccccc12. The van der Waals surface area contributed by atoms with Gasteiger partial charge < -0.3 is 25.2 Å². The van der Waals surface area contributed by atoms with Gasteiger partial charge in [0.25, 0.3) is 0 Å². The van der Waals surface area contributed by atoms with E-state index in [1.54, 1.807) is 25.3 Å². The van der Waals surface area contributed by atoms with Crippen molar-refractivity contribution in [3.63, 3.8) is 0 Å². The lowest BCUT2D eigenvalue weighted by Crippen LogP contribution is -2.39. The molecule has 13 heteroatoms. The Morgan fingerprint density at radius 3 is 2.66 bits per heavy atom. The Hall–Kier alpha value is -2.44. The second kappa shape index (κ2) is 14.2. The maximum absolute atomic E-state index is 14.2. The lowest BCUT2D eigenvalue weighted by atomic mass is 10.1. The molecule has 6 atom stereocenters. The number of nitrogen functional groups attached to an aromatic ring is 1. The van der Waals surface area contributed by atoms with E-state index in [0.717, 1.165) is 23.6 Å². The quantitative estimate of drug-likeness (QED) is 0.153. The number of aromatic nitrogens is 2. The van der Waals surface area contributed by atoms with Crippen molar-refractivity contribution in [3.8, 4) is 5.75 Å². The average molecular weight is 607 g/mol. The van der Waals surface area contributed by atoms with Crippen LogP contribution in [-0.2, 0) is 13.8 Å². The molecule has 0 saturated carbocycles. The van der Waals surface area contributed by atoms with Crippen LogP contribution in [0.25, 0.3) is 10.8 Å². The second-order valence-electron chi connectivity index (χ2n) is 10.2. The van der Waals surface area contributed by atoms with Crippen LogP contribution < -0.4 is 21.0 Å². The van der Waals surface area contributed by atoms with Crippen molar-refractivity contribution in [3.05, 3.63) is 65.2 Å². The molecule has 0 spiro atoms. The maximum atomic E-state index is 14.2. The first-order valence-electron chi connectivity index (χ1n) is 13.8. The summed E-state index contributed by atoms with van der Waals surface area (Å²) in [6, 6.07) is 13.6. The van der Waals surface area contributed by atoms with Gasteiger partial charge in [-0.25, -0.2) is 14.4 Å². The first-order valence-corrected chi connectivity index (χ1v) is 16.3. The number of nitrogens with one attached hydrogen (secondary N) is 1. The predicted molar refractivity (Wildman–Crippen MR) is 161 cm³/mol.